The number of hydrazone groups is 1. The lowest BCUT2D eigenvalue weighted by Gasteiger charge is -2.05. The fourth-order valence-electron chi connectivity index (χ4n) is 1.48. The van der Waals surface area contributed by atoms with E-state index in [2.05, 4.69) is 26.1 Å². The van der Waals surface area contributed by atoms with Gasteiger partial charge in [0, 0.05) is 5.56 Å². The third-order valence-corrected chi connectivity index (χ3v) is 2.50. The quantitative estimate of drug-likeness (QED) is 0.480. The van der Waals surface area contributed by atoms with E-state index >= 15 is 0 Å². The summed E-state index contributed by atoms with van der Waals surface area (Å²) in [6.45, 7) is -0.166. The standard InChI is InChI=1S/C11H13N7O3/c1-21-8-4-2-3-7(10(8)20)5-13-14-9(19)6-18-11(12)15-16-17-18/h2-5,20H,6H2,1H3,(H,14,19)(H2,12,15,17)/b13-5+. The lowest BCUT2D eigenvalue weighted by molar-refractivity contribution is -0.121. The highest BCUT2D eigenvalue weighted by Crippen LogP contribution is 2.27. The Morgan fingerprint density at radius 3 is 3.10 bits per heavy atom. The van der Waals surface area contributed by atoms with Crippen LogP contribution in [0, 0.1) is 0 Å². The first-order valence-corrected chi connectivity index (χ1v) is 5.81. The van der Waals surface area contributed by atoms with Crippen molar-refractivity contribution in [3.63, 3.8) is 0 Å². The first-order valence-electron chi connectivity index (χ1n) is 5.81. The Bertz CT molecular complexity index is 668. The number of hydrogen-bond donors (Lipinski definition) is 3. The van der Waals surface area contributed by atoms with Crippen LogP contribution >= 0.6 is 0 Å². The molecule has 0 aliphatic heterocycles. The Morgan fingerprint density at radius 2 is 2.43 bits per heavy atom. The molecule has 0 aliphatic carbocycles. The molecule has 0 saturated heterocycles. The molecule has 0 spiro atoms. The number of ether oxygens (including phenoxy) is 1. The predicted octanol–water partition coefficient (Wildman–Crippen LogP) is -0.880. The number of carbonyl (C=O) groups is 1. The predicted molar refractivity (Wildman–Crippen MR) is 72.6 cm³/mol. The minimum absolute atomic E-state index is 0.0274. The largest absolute Gasteiger partial charge is 0.504 e. The number of nitrogens with one attached hydrogen (secondary N) is 1. The van der Waals surface area contributed by atoms with E-state index in [1.54, 1.807) is 18.2 Å². The molecule has 2 rings (SSSR count). The van der Waals surface area contributed by atoms with E-state index in [9.17, 15) is 9.90 Å². The van der Waals surface area contributed by atoms with Gasteiger partial charge in [-0.25, -0.2) is 10.1 Å². The summed E-state index contributed by atoms with van der Waals surface area (Å²) in [6.07, 6.45) is 1.29. The van der Waals surface area contributed by atoms with Crippen LogP contribution in [0.4, 0.5) is 5.95 Å². The van der Waals surface area contributed by atoms with Gasteiger partial charge in [0.25, 0.3) is 5.91 Å². The Hall–Kier alpha value is -3.17. The van der Waals surface area contributed by atoms with Crippen molar-refractivity contribution in [2.24, 2.45) is 5.10 Å². The number of rotatable bonds is 5. The van der Waals surface area contributed by atoms with Crippen LogP contribution in [0.5, 0.6) is 11.5 Å². The molecule has 0 atom stereocenters. The van der Waals surface area contributed by atoms with E-state index < -0.39 is 5.91 Å². The normalized spacial score (nSPS) is 10.7. The number of aromatic hydroxyl groups is 1. The van der Waals surface area contributed by atoms with Gasteiger partial charge in [0.05, 0.1) is 13.3 Å². The minimum atomic E-state index is -0.465. The van der Waals surface area contributed by atoms with Gasteiger partial charge in [-0.3, -0.25) is 4.79 Å². The Balaban J connectivity index is 1.96. The number of carbonyl (C=O) groups excluding carboxylic acids is 1. The highest BCUT2D eigenvalue weighted by Gasteiger charge is 2.07. The summed E-state index contributed by atoms with van der Waals surface area (Å²) < 4.78 is 6.08. The number of phenols is 1. The van der Waals surface area contributed by atoms with Gasteiger partial charge in [0.15, 0.2) is 11.5 Å². The van der Waals surface area contributed by atoms with Gasteiger partial charge in [-0.1, -0.05) is 11.2 Å². The Kier molecular flexibility index (Phi) is 4.29. The smallest absolute Gasteiger partial charge is 0.261 e. The highest BCUT2D eigenvalue weighted by atomic mass is 16.5. The summed E-state index contributed by atoms with van der Waals surface area (Å²) >= 11 is 0. The van der Waals surface area contributed by atoms with Gasteiger partial charge in [0.1, 0.15) is 6.54 Å². The lowest BCUT2D eigenvalue weighted by atomic mass is 10.2. The SMILES string of the molecule is COc1cccc(/C=N/NC(=O)Cn2nnnc2N)c1O. The molecule has 10 heteroatoms. The first-order chi connectivity index (χ1) is 10.1. The minimum Gasteiger partial charge on any atom is -0.504 e. The van der Waals surface area contributed by atoms with Crippen molar-refractivity contribution in [1.82, 2.24) is 25.6 Å². The van der Waals surface area contributed by atoms with Gasteiger partial charge in [-0.15, -0.1) is 0 Å². The number of benzene rings is 1. The van der Waals surface area contributed by atoms with Gasteiger partial charge < -0.3 is 15.6 Å². The molecule has 110 valence electrons. The van der Waals surface area contributed by atoms with E-state index in [0.29, 0.717) is 11.3 Å². The molecule has 0 aliphatic rings. The molecule has 21 heavy (non-hydrogen) atoms. The van der Waals surface area contributed by atoms with Crippen molar-refractivity contribution in [3.8, 4) is 11.5 Å². The van der Waals surface area contributed by atoms with Gasteiger partial charge in [0.2, 0.25) is 5.95 Å². The molecule has 1 amide bonds. The fourth-order valence-corrected chi connectivity index (χ4v) is 1.48. The zero-order chi connectivity index (χ0) is 15.2. The molecule has 0 unspecified atom stereocenters. The summed E-state index contributed by atoms with van der Waals surface area (Å²) in [5, 5.41) is 23.8. The second-order valence-corrected chi connectivity index (χ2v) is 3.89. The summed E-state index contributed by atoms with van der Waals surface area (Å²) in [7, 11) is 1.44. The first kappa shape index (κ1) is 14.2. The number of tetrazole rings is 1. The average molecular weight is 291 g/mol. The Morgan fingerprint density at radius 1 is 1.62 bits per heavy atom. The molecule has 0 radical (unpaired) electrons. The number of hydrogen-bond acceptors (Lipinski definition) is 8. The highest BCUT2D eigenvalue weighted by molar-refractivity contribution is 5.86. The Labute approximate surface area is 119 Å². The van der Waals surface area contributed by atoms with E-state index in [1.165, 1.54) is 13.3 Å². The molecular formula is C11H13N7O3. The third kappa shape index (κ3) is 3.43. The number of amides is 1. The summed E-state index contributed by atoms with van der Waals surface area (Å²) in [6, 6.07) is 4.90. The van der Waals surface area contributed by atoms with E-state index in [4.69, 9.17) is 10.5 Å². The number of phenolic OH excluding ortho intramolecular Hbond substituents is 1. The van der Waals surface area contributed by atoms with Crippen LogP contribution in [-0.2, 0) is 11.3 Å². The summed E-state index contributed by atoms with van der Waals surface area (Å²) in [5.41, 5.74) is 8.09. The van der Waals surface area contributed by atoms with Crippen molar-refractivity contribution < 1.29 is 14.6 Å². The van der Waals surface area contributed by atoms with Crippen LogP contribution in [0.1, 0.15) is 5.56 Å². The molecule has 10 nitrogen and oxygen atoms in total. The van der Waals surface area contributed by atoms with E-state index in [-0.39, 0.29) is 18.2 Å². The van der Waals surface area contributed by atoms with E-state index in [0.717, 1.165) is 4.68 Å². The number of methoxy groups -OCH3 is 1. The second-order valence-electron chi connectivity index (χ2n) is 3.89. The lowest BCUT2D eigenvalue weighted by Crippen LogP contribution is -2.24. The molecule has 1 aromatic heterocycles. The maximum atomic E-state index is 11.6. The number of para-hydroxylation sites is 1. The van der Waals surface area contributed by atoms with Crippen molar-refractivity contribution in [1.29, 1.82) is 0 Å². The van der Waals surface area contributed by atoms with Gasteiger partial charge in [-0.2, -0.15) is 5.10 Å². The second kappa shape index (κ2) is 6.32. The summed E-state index contributed by atoms with van der Waals surface area (Å²) in [4.78, 5) is 11.6. The van der Waals surface area contributed by atoms with E-state index in [1.807, 2.05) is 0 Å². The maximum Gasteiger partial charge on any atom is 0.261 e. The maximum absolute atomic E-state index is 11.6. The number of anilines is 1. The molecule has 1 aromatic carbocycles. The number of aromatic nitrogens is 4. The van der Waals surface area contributed by atoms with Crippen LogP contribution in [0.3, 0.4) is 0 Å². The van der Waals surface area contributed by atoms with Crippen LogP contribution < -0.4 is 15.9 Å². The zero-order valence-corrected chi connectivity index (χ0v) is 11.1. The monoisotopic (exact) mass is 291 g/mol. The topological polar surface area (TPSA) is 141 Å². The van der Waals surface area contributed by atoms with Crippen LogP contribution in [0.15, 0.2) is 23.3 Å². The van der Waals surface area contributed by atoms with Crippen LogP contribution in [-0.4, -0.2) is 44.5 Å². The molecular weight excluding hydrogens is 278 g/mol. The molecule has 0 fully saturated rings. The molecule has 0 saturated carbocycles. The zero-order valence-electron chi connectivity index (χ0n) is 11.1. The van der Waals surface area contributed by atoms with Crippen molar-refractivity contribution in [3.05, 3.63) is 23.8 Å². The summed E-state index contributed by atoms with van der Waals surface area (Å²) in [5.74, 6) is -0.193. The molecule has 1 heterocycles. The number of nitrogen functional groups attached to an aromatic ring is 1. The number of nitrogens with zero attached hydrogens (tertiary/aromatic N) is 5. The molecule has 2 aromatic rings. The van der Waals surface area contributed by atoms with Gasteiger partial charge in [-0.05, 0) is 22.6 Å². The average Bonchev–Trinajstić information content (AvgIpc) is 2.86. The fraction of sp³-hybridized carbons (Fsp3) is 0.182. The van der Waals surface area contributed by atoms with Crippen molar-refractivity contribution in [2.45, 2.75) is 6.54 Å². The van der Waals surface area contributed by atoms with Crippen molar-refractivity contribution in [2.75, 3.05) is 12.8 Å². The van der Waals surface area contributed by atoms with Crippen LogP contribution in [0.25, 0.3) is 0 Å². The third-order valence-electron chi connectivity index (χ3n) is 2.50. The molecule has 0 bridgehead atoms. The van der Waals surface area contributed by atoms with Crippen LogP contribution in [0.2, 0.25) is 0 Å². The molecule has 4 N–H and O–H groups in total. The van der Waals surface area contributed by atoms with Gasteiger partial charge >= 0.3 is 0 Å². The van der Waals surface area contributed by atoms with Crippen molar-refractivity contribution >= 4 is 18.1 Å². The number of nitrogens with two attached hydrogens (primary N) is 1.